The lowest BCUT2D eigenvalue weighted by Crippen LogP contribution is -2.50. The van der Waals surface area contributed by atoms with Gasteiger partial charge in [0.15, 0.2) is 0 Å². The number of hydrogen-bond donors (Lipinski definition) is 4. The van der Waals surface area contributed by atoms with Gasteiger partial charge in [-0.15, -0.1) is 11.3 Å². The highest BCUT2D eigenvalue weighted by molar-refractivity contribution is 9.10. The molecule has 1 aliphatic heterocycles. The van der Waals surface area contributed by atoms with Crippen LogP contribution in [0, 0.1) is 0 Å². The number of carbonyl (C=O) groups is 2. The van der Waals surface area contributed by atoms with Crippen LogP contribution < -0.4 is 10.6 Å². The summed E-state index contributed by atoms with van der Waals surface area (Å²) in [5, 5.41) is 5.47. The van der Waals surface area contributed by atoms with Gasteiger partial charge >= 0.3 is 13.3 Å². The molecule has 0 saturated carbocycles. The predicted octanol–water partition coefficient (Wildman–Crippen LogP) is 2.90. The van der Waals surface area contributed by atoms with Crippen LogP contribution in [0.2, 0.25) is 0 Å². The van der Waals surface area contributed by atoms with Crippen molar-refractivity contribution in [2.75, 3.05) is 6.54 Å². The standard InChI is InChI=1S/C15H14BrF2N2O5PS/c16-11-8-6-7(13(21)20-9-2-1-5-19-14(9)22)3-4-10(8)27-12(11)15(17,18)26(23,24)25/h3-4,6,9H,1-2,5H2,(H,19,22)(H,20,21)(H2,23,24,25)/t9-/m0/s1. The first-order chi connectivity index (χ1) is 12.5. The summed E-state index contributed by atoms with van der Waals surface area (Å²) in [4.78, 5) is 41.2. The van der Waals surface area contributed by atoms with Gasteiger partial charge in [-0.2, -0.15) is 8.78 Å². The molecule has 27 heavy (non-hydrogen) atoms. The largest absolute Gasteiger partial charge is 0.400 e. The number of carbonyl (C=O) groups excluding carboxylic acids is 2. The average Bonchev–Trinajstić information content (AvgIpc) is 2.93. The second kappa shape index (κ2) is 7.21. The average molecular weight is 483 g/mol. The number of thiophene rings is 1. The minimum absolute atomic E-state index is 0.144. The molecule has 0 radical (unpaired) electrons. The predicted molar refractivity (Wildman–Crippen MR) is 99.0 cm³/mol. The quantitative estimate of drug-likeness (QED) is 0.500. The van der Waals surface area contributed by atoms with Crippen LogP contribution in [0.4, 0.5) is 8.78 Å². The maximum Gasteiger partial charge on any atom is 0.400 e. The zero-order chi connectivity index (χ0) is 20.0. The van der Waals surface area contributed by atoms with Gasteiger partial charge in [-0.1, -0.05) is 0 Å². The third kappa shape index (κ3) is 3.79. The lowest BCUT2D eigenvalue weighted by Gasteiger charge is -2.22. The molecular weight excluding hydrogens is 469 g/mol. The summed E-state index contributed by atoms with van der Waals surface area (Å²) in [6, 6.07) is 3.49. The van der Waals surface area contributed by atoms with Gasteiger partial charge in [0, 0.05) is 26.7 Å². The first-order valence-electron chi connectivity index (χ1n) is 7.77. The second-order valence-electron chi connectivity index (χ2n) is 6.00. The summed E-state index contributed by atoms with van der Waals surface area (Å²) in [6.45, 7) is 0.551. The van der Waals surface area contributed by atoms with E-state index in [0.29, 0.717) is 29.0 Å². The van der Waals surface area contributed by atoms with Gasteiger partial charge in [-0.25, -0.2) is 0 Å². The van der Waals surface area contributed by atoms with E-state index in [0.717, 1.165) is 6.42 Å². The first-order valence-corrected chi connectivity index (χ1v) is 11.0. The van der Waals surface area contributed by atoms with Crippen molar-refractivity contribution in [3.05, 3.63) is 33.1 Å². The molecule has 1 atom stereocenters. The van der Waals surface area contributed by atoms with Crippen LogP contribution in [-0.4, -0.2) is 34.2 Å². The van der Waals surface area contributed by atoms with Crippen molar-refractivity contribution in [1.82, 2.24) is 10.6 Å². The molecule has 1 aromatic heterocycles. The molecule has 3 rings (SSSR count). The van der Waals surface area contributed by atoms with Gasteiger partial charge < -0.3 is 20.4 Å². The van der Waals surface area contributed by atoms with E-state index in [1.165, 1.54) is 18.2 Å². The molecule has 1 aromatic carbocycles. The van der Waals surface area contributed by atoms with E-state index in [4.69, 9.17) is 9.79 Å². The molecule has 146 valence electrons. The number of benzene rings is 1. The fourth-order valence-electron chi connectivity index (χ4n) is 2.69. The Balaban J connectivity index is 1.94. The van der Waals surface area contributed by atoms with Gasteiger partial charge in [0.2, 0.25) is 5.91 Å². The highest BCUT2D eigenvalue weighted by Crippen LogP contribution is 2.62. The summed E-state index contributed by atoms with van der Waals surface area (Å²) in [5.74, 6) is -0.823. The Bertz CT molecular complexity index is 977. The molecule has 4 N–H and O–H groups in total. The summed E-state index contributed by atoms with van der Waals surface area (Å²) in [7, 11) is -5.71. The zero-order valence-electron chi connectivity index (χ0n) is 13.5. The van der Waals surface area contributed by atoms with E-state index in [1.807, 2.05) is 0 Å². The van der Waals surface area contributed by atoms with Crippen molar-refractivity contribution < 1.29 is 32.7 Å². The Kier molecular flexibility index (Phi) is 5.44. The Labute approximate surface area is 164 Å². The van der Waals surface area contributed by atoms with Crippen LogP contribution in [0.1, 0.15) is 28.1 Å². The fraction of sp³-hybridized carbons (Fsp3) is 0.333. The van der Waals surface area contributed by atoms with Crippen LogP contribution in [0.15, 0.2) is 22.7 Å². The highest BCUT2D eigenvalue weighted by Gasteiger charge is 2.53. The van der Waals surface area contributed by atoms with E-state index in [1.54, 1.807) is 0 Å². The monoisotopic (exact) mass is 482 g/mol. The number of fused-ring (bicyclic) bond motifs is 1. The molecule has 7 nitrogen and oxygen atoms in total. The number of alkyl halides is 2. The molecule has 2 amide bonds. The summed E-state index contributed by atoms with van der Waals surface area (Å²) < 4.78 is 39.4. The molecule has 0 unspecified atom stereocenters. The number of amides is 2. The van der Waals surface area contributed by atoms with Crippen molar-refractivity contribution in [2.24, 2.45) is 0 Å². The van der Waals surface area contributed by atoms with Gasteiger partial charge in [0.1, 0.15) is 10.9 Å². The normalized spacial score (nSPS) is 18.4. The number of hydrogen-bond acceptors (Lipinski definition) is 4. The lowest BCUT2D eigenvalue weighted by molar-refractivity contribution is -0.124. The Morgan fingerprint density at radius 1 is 1.41 bits per heavy atom. The van der Waals surface area contributed by atoms with Crippen LogP contribution >= 0.6 is 34.9 Å². The molecule has 1 aliphatic rings. The van der Waals surface area contributed by atoms with E-state index in [2.05, 4.69) is 26.6 Å². The summed E-state index contributed by atoms with van der Waals surface area (Å²) in [5.41, 5.74) is -4.21. The minimum atomic E-state index is -5.71. The maximum atomic E-state index is 14.1. The van der Waals surface area contributed by atoms with Crippen LogP contribution in [0.25, 0.3) is 10.1 Å². The number of halogens is 3. The Morgan fingerprint density at radius 2 is 2.11 bits per heavy atom. The first kappa shape index (κ1) is 20.3. The van der Waals surface area contributed by atoms with Crippen molar-refractivity contribution in [2.45, 2.75) is 24.5 Å². The lowest BCUT2D eigenvalue weighted by atomic mass is 10.1. The van der Waals surface area contributed by atoms with E-state index in [-0.39, 0.29) is 21.3 Å². The van der Waals surface area contributed by atoms with Crippen molar-refractivity contribution >= 4 is 56.8 Å². The Morgan fingerprint density at radius 3 is 2.74 bits per heavy atom. The molecule has 2 heterocycles. The highest BCUT2D eigenvalue weighted by atomic mass is 79.9. The smallest absolute Gasteiger partial charge is 0.354 e. The van der Waals surface area contributed by atoms with Gasteiger partial charge in [-0.3, -0.25) is 14.2 Å². The van der Waals surface area contributed by atoms with E-state index in [9.17, 15) is 22.9 Å². The van der Waals surface area contributed by atoms with Crippen molar-refractivity contribution in [3.8, 4) is 0 Å². The van der Waals surface area contributed by atoms with Crippen molar-refractivity contribution in [1.29, 1.82) is 0 Å². The number of nitrogens with one attached hydrogen (secondary N) is 2. The van der Waals surface area contributed by atoms with Gasteiger partial charge in [0.05, 0.1) is 0 Å². The van der Waals surface area contributed by atoms with E-state index >= 15 is 0 Å². The van der Waals surface area contributed by atoms with E-state index < -0.39 is 30.1 Å². The SMILES string of the molecule is O=C(N[C@H]1CCCNC1=O)c1ccc2sc(C(F)(F)P(=O)(O)O)c(Br)c2c1. The summed E-state index contributed by atoms with van der Waals surface area (Å²) >= 11 is 3.49. The molecule has 0 bridgehead atoms. The van der Waals surface area contributed by atoms with Gasteiger partial charge in [-0.05, 0) is 47.0 Å². The molecule has 12 heteroatoms. The third-order valence-electron chi connectivity index (χ3n) is 4.12. The van der Waals surface area contributed by atoms with Crippen LogP contribution in [0.5, 0.6) is 0 Å². The third-order valence-corrected chi connectivity index (χ3v) is 7.55. The molecule has 2 aromatic rings. The van der Waals surface area contributed by atoms with Crippen LogP contribution in [0.3, 0.4) is 0 Å². The second-order valence-corrected chi connectivity index (χ2v) is 9.50. The Hall–Kier alpha value is -1.39. The molecule has 1 fully saturated rings. The fourth-order valence-corrected chi connectivity index (χ4v) is 5.61. The minimum Gasteiger partial charge on any atom is -0.354 e. The zero-order valence-corrected chi connectivity index (χ0v) is 16.8. The molecular formula is C15H14BrF2N2O5PS. The van der Waals surface area contributed by atoms with Crippen molar-refractivity contribution in [3.63, 3.8) is 0 Å². The van der Waals surface area contributed by atoms with Gasteiger partial charge in [0.25, 0.3) is 5.91 Å². The number of piperidine rings is 1. The summed E-state index contributed by atoms with van der Waals surface area (Å²) in [6.07, 6.45) is 1.23. The number of rotatable bonds is 4. The molecule has 0 aliphatic carbocycles. The maximum absolute atomic E-state index is 14.1. The molecule has 1 saturated heterocycles. The van der Waals surface area contributed by atoms with Crippen LogP contribution in [-0.2, 0) is 15.0 Å². The topological polar surface area (TPSA) is 116 Å². The molecule has 0 spiro atoms.